The fraction of sp³-hybridized carbons (Fsp3) is 0.929. The number of hydrogen-bond acceptors (Lipinski definition) is 3. The molecule has 2 aliphatic rings. The number of hydrogen-bond donors (Lipinski definition) is 1. The Kier molecular flexibility index (Phi) is 5.45. The maximum absolute atomic E-state index is 12.4. The van der Waals surface area contributed by atoms with Crippen molar-refractivity contribution < 1.29 is 9.53 Å². The molecule has 4 nitrogen and oxygen atoms in total. The fourth-order valence-corrected chi connectivity index (χ4v) is 3.17. The lowest BCUT2D eigenvalue weighted by Gasteiger charge is -2.32. The molecule has 0 radical (unpaired) electrons. The van der Waals surface area contributed by atoms with Crippen LogP contribution in [-0.2, 0) is 9.53 Å². The second-order valence-corrected chi connectivity index (χ2v) is 5.61. The van der Waals surface area contributed by atoms with Crippen LogP contribution in [0.15, 0.2) is 0 Å². The highest BCUT2D eigenvalue weighted by atomic mass is 16.5. The Morgan fingerprint density at radius 2 is 1.89 bits per heavy atom. The third-order valence-electron chi connectivity index (χ3n) is 4.30. The van der Waals surface area contributed by atoms with Crippen molar-refractivity contribution in [2.45, 2.75) is 38.5 Å². The molecule has 0 aromatic rings. The summed E-state index contributed by atoms with van der Waals surface area (Å²) in [6, 6.07) is 0. The Morgan fingerprint density at radius 1 is 1.22 bits per heavy atom. The molecule has 4 heteroatoms. The molecule has 1 unspecified atom stereocenters. The second kappa shape index (κ2) is 7.10. The third-order valence-corrected chi connectivity index (χ3v) is 4.30. The van der Waals surface area contributed by atoms with Crippen molar-refractivity contribution in [2.75, 3.05) is 32.8 Å². The summed E-state index contributed by atoms with van der Waals surface area (Å²) < 4.78 is 5.29. The number of ether oxygens (including phenoxy) is 1. The topological polar surface area (TPSA) is 55.6 Å². The standard InChI is InChI=1S/C14H26N2O2/c15-11-13(10-12-4-2-1-3-5-12)14(17)16-6-8-18-9-7-16/h12-13H,1-11,15H2. The summed E-state index contributed by atoms with van der Waals surface area (Å²) in [6.07, 6.45) is 7.58. The molecule has 0 spiro atoms. The van der Waals surface area contributed by atoms with E-state index in [1.54, 1.807) is 0 Å². The van der Waals surface area contributed by atoms with Gasteiger partial charge in [0.2, 0.25) is 5.91 Å². The van der Waals surface area contributed by atoms with Crippen molar-refractivity contribution in [2.24, 2.45) is 17.6 Å². The number of nitrogens with two attached hydrogens (primary N) is 1. The van der Waals surface area contributed by atoms with E-state index in [4.69, 9.17) is 10.5 Å². The summed E-state index contributed by atoms with van der Waals surface area (Å²) in [5, 5.41) is 0. The monoisotopic (exact) mass is 254 g/mol. The first-order chi connectivity index (χ1) is 8.81. The smallest absolute Gasteiger partial charge is 0.227 e. The van der Waals surface area contributed by atoms with Crippen LogP contribution >= 0.6 is 0 Å². The first kappa shape index (κ1) is 13.8. The first-order valence-corrected chi connectivity index (χ1v) is 7.38. The van der Waals surface area contributed by atoms with Crippen molar-refractivity contribution in [3.05, 3.63) is 0 Å². The van der Waals surface area contributed by atoms with Crippen LogP contribution in [0.4, 0.5) is 0 Å². The van der Waals surface area contributed by atoms with E-state index in [2.05, 4.69) is 0 Å². The van der Waals surface area contributed by atoms with Gasteiger partial charge in [-0.2, -0.15) is 0 Å². The van der Waals surface area contributed by atoms with Gasteiger partial charge in [-0.1, -0.05) is 32.1 Å². The molecule has 18 heavy (non-hydrogen) atoms. The predicted octanol–water partition coefficient (Wildman–Crippen LogP) is 1.39. The van der Waals surface area contributed by atoms with Crippen LogP contribution in [0.2, 0.25) is 0 Å². The normalized spacial score (nSPS) is 23.9. The van der Waals surface area contributed by atoms with Crippen molar-refractivity contribution in [1.82, 2.24) is 4.90 Å². The fourth-order valence-electron chi connectivity index (χ4n) is 3.17. The average molecular weight is 254 g/mol. The maximum Gasteiger partial charge on any atom is 0.227 e. The van der Waals surface area contributed by atoms with E-state index in [0.29, 0.717) is 19.8 Å². The van der Waals surface area contributed by atoms with Gasteiger partial charge in [-0.25, -0.2) is 0 Å². The van der Waals surface area contributed by atoms with Crippen molar-refractivity contribution in [1.29, 1.82) is 0 Å². The summed E-state index contributed by atoms with van der Waals surface area (Å²) >= 11 is 0. The van der Waals surface area contributed by atoms with Gasteiger partial charge in [0.1, 0.15) is 0 Å². The number of rotatable bonds is 4. The highest BCUT2D eigenvalue weighted by Crippen LogP contribution is 2.29. The van der Waals surface area contributed by atoms with E-state index in [0.717, 1.165) is 25.4 Å². The van der Waals surface area contributed by atoms with Gasteiger partial charge >= 0.3 is 0 Å². The van der Waals surface area contributed by atoms with E-state index in [1.165, 1.54) is 32.1 Å². The highest BCUT2D eigenvalue weighted by Gasteiger charge is 2.27. The maximum atomic E-state index is 12.4. The predicted molar refractivity (Wildman–Crippen MR) is 71.1 cm³/mol. The van der Waals surface area contributed by atoms with Crippen LogP contribution < -0.4 is 5.73 Å². The Bertz CT molecular complexity index is 259. The van der Waals surface area contributed by atoms with E-state index in [9.17, 15) is 4.79 Å². The lowest BCUT2D eigenvalue weighted by molar-refractivity contribution is -0.140. The minimum Gasteiger partial charge on any atom is -0.378 e. The Balaban J connectivity index is 1.84. The SMILES string of the molecule is NCC(CC1CCCCC1)C(=O)N1CCOCC1. The van der Waals surface area contributed by atoms with E-state index in [1.807, 2.05) is 4.90 Å². The quantitative estimate of drug-likeness (QED) is 0.825. The van der Waals surface area contributed by atoms with E-state index < -0.39 is 0 Å². The zero-order valence-electron chi connectivity index (χ0n) is 11.3. The minimum absolute atomic E-state index is 0.0335. The zero-order valence-corrected chi connectivity index (χ0v) is 11.3. The van der Waals surface area contributed by atoms with Crippen molar-refractivity contribution in [3.63, 3.8) is 0 Å². The van der Waals surface area contributed by atoms with Crippen molar-refractivity contribution in [3.8, 4) is 0 Å². The first-order valence-electron chi connectivity index (χ1n) is 7.38. The van der Waals surface area contributed by atoms with Gasteiger partial charge < -0.3 is 15.4 Å². The van der Waals surface area contributed by atoms with E-state index >= 15 is 0 Å². The lowest BCUT2D eigenvalue weighted by atomic mass is 9.82. The van der Waals surface area contributed by atoms with Gasteiger partial charge in [0, 0.05) is 19.6 Å². The molecule has 2 fully saturated rings. The molecule has 1 saturated heterocycles. The molecule has 2 rings (SSSR count). The van der Waals surface area contributed by atoms with Crippen LogP contribution in [0.3, 0.4) is 0 Å². The summed E-state index contributed by atoms with van der Waals surface area (Å²) in [4.78, 5) is 14.3. The second-order valence-electron chi connectivity index (χ2n) is 5.61. The molecular weight excluding hydrogens is 228 g/mol. The molecule has 1 amide bonds. The van der Waals surface area contributed by atoms with Crippen molar-refractivity contribution >= 4 is 5.91 Å². The van der Waals surface area contributed by atoms with Gasteiger partial charge in [0.15, 0.2) is 0 Å². The molecule has 2 N–H and O–H groups in total. The molecule has 1 saturated carbocycles. The molecule has 104 valence electrons. The lowest BCUT2D eigenvalue weighted by Crippen LogP contribution is -2.45. The van der Waals surface area contributed by atoms with Crippen LogP contribution in [0.25, 0.3) is 0 Å². The summed E-state index contributed by atoms with van der Waals surface area (Å²) in [5.41, 5.74) is 5.82. The molecule has 1 heterocycles. The molecule has 1 aliphatic carbocycles. The average Bonchev–Trinajstić information content (AvgIpc) is 2.46. The van der Waals surface area contributed by atoms with Gasteiger partial charge in [0.25, 0.3) is 0 Å². The summed E-state index contributed by atoms with van der Waals surface area (Å²) in [5.74, 6) is 1.01. The van der Waals surface area contributed by atoms with Gasteiger partial charge in [-0.05, 0) is 12.3 Å². The van der Waals surface area contributed by atoms with Crippen LogP contribution in [0.5, 0.6) is 0 Å². The minimum atomic E-state index is 0.0335. The largest absolute Gasteiger partial charge is 0.378 e. The summed E-state index contributed by atoms with van der Waals surface area (Å²) in [6.45, 7) is 3.31. The number of carbonyl (C=O) groups is 1. The number of morpholine rings is 1. The molecule has 0 aromatic heterocycles. The Hall–Kier alpha value is -0.610. The van der Waals surface area contributed by atoms with Crippen LogP contribution in [0, 0.1) is 11.8 Å². The highest BCUT2D eigenvalue weighted by molar-refractivity contribution is 5.79. The summed E-state index contributed by atoms with van der Waals surface area (Å²) in [7, 11) is 0. The van der Waals surface area contributed by atoms with Crippen LogP contribution in [-0.4, -0.2) is 43.7 Å². The molecule has 1 aliphatic heterocycles. The van der Waals surface area contributed by atoms with Gasteiger partial charge in [-0.3, -0.25) is 4.79 Å². The van der Waals surface area contributed by atoms with Gasteiger partial charge in [-0.15, -0.1) is 0 Å². The number of nitrogens with zero attached hydrogens (tertiary/aromatic N) is 1. The molecular formula is C14H26N2O2. The molecule has 0 bridgehead atoms. The third kappa shape index (κ3) is 3.69. The zero-order chi connectivity index (χ0) is 12.8. The Morgan fingerprint density at radius 3 is 2.50 bits per heavy atom. The van der Waals surface area contributed by atoms with Crippen LogP contribution in [0.1, 0.15) is 38.5 Å². The van der Waals surface area contributed by atoms with E-state index in [-0.39, 0.29) is 11.8 Å². The van der Waals surface area contributed by atoms with Gasteiger partial charge in [0.05, 0.1) is 19.1 Å². The number of amides is 1. The molecule has 1 atom stereocenters. The number of carbonyl (C=O) groups excluding carboxylic acids is 1. The molecule has 0 aromatic carbocycles. The Labute approximate surface area is 110 Å².